The van der Waals surface area contributed by atoms with Gasteiger partial charge in [-0.1, -0.05) is 38.1 Å². The topological polar surface area (TPSA) is 45.6 Å². The van der Waals surface area contributed by atoms with Crippen LogP contribution in [0.4, 0.5) is 5.82 Å². The summed E-state index contributed by atoms with van der Waals surface area (Å²) in [6.45, 7) is 6.23. The number of hydrogen-bond donors (Lipinski definition) is 1. The fourth-order valence-electron chi connectivity index (χ4n) is 4.41. The molecule has 2 aliphatic rings. The first kappa shape index (κ1) is 16.8. The Labute approximate surface area is 149 Å². The van der Waals surface area contributed by atoms with Crippen molar-refractivity contribution in [1.82, 2.24) is 4.98 Å². The Bertz CT molecular complexity index is 732. The fraction of sp³-hybridized carbons (Fsp3) is 0.571. The molecule has 1 N–H and O–H groups in total. The quantitative estimate of drug-likeness (QED) is 0.904. The number of aliphatic hydroxyl groups excluding tert-OH is 1. The molecule has 134 valence electrons. The Morgan fingerprint density at radius 3 is 2.72 bits per heavy atom. The number of piperidine rings is 1. The molecule has 1 spiro atoms. The van der Waals surface area contributed by atoms with Crippen molar-refractivity contribution in [3.05, 3.63) is 36.5 Å². The maximum absolute atomic E-state index is 10.4. The van der Waals surface area contributed by atoms with E-state index in [1.807, 2.05) is 6.20 Å². The molecule has 4 heteroatoms. The van der Waals surface area contributed by atoms with Gasteiger partial charge in [-0.25, -0.2) is 4.98 Å². The zero-order chi connectivity index (χ0) is 17.4. The molecule has 2 fully saturated rings. The van der Waals surface area contributed by atoms with Gasteiger partial charge in [0.25, 0.3) is 0 Å². The minimum absolute atomic E-state index is 0.159. The molecule has 1 aromatic heterocycles. The zero-order valence-electron chi connectivity index (χ0n) is 15.2. The number of pyridine rings is 1. The molecule has 0 aliphatic carbocycles. The van der Waals surface area contributed by atoms with Crippen LogP contribution in [0.2, 0.25) is 0 Å². The number of hydrogen-bond acceptors (Lipinski definition) is 4. The number of aromatic nitrogens is 1. The van der Waals surface area contributed by atoms with Crippen molar-refractivity contribution < 1.29 is 9.84 Å². The molecule has 0 saturated carbocycles. The monoisotopic (exact) mass is 340 g/mol. The van der Waals surface area contributed by atoms with Crippen molar-refractivity contribution in [2.75, 3.05) is 18.0 Å². The van der Waals surface area contributed by atoms with Crippen LogP contribution in [-0.4, -0.2) is 41.0 Å². The third-order valence-electron chi connectivity index (χ3n) is 5.88. The molecule has 1 aromatic carbocycles. The number of anilines is 1. The van der Waals surface area contributed by atoms with E-state index in [1.165, 1.54) is 10.8 Å². The minimum atomic E-state index is -0.233. The Morgan fingerprint density at radius 1 is 1.20 bits per heavy atom. The Hall–Kier alpha value is -1.65. The molecule has 0 radical (unpaired) electrons. The van der Waals surface area contributed by atoms with E-state index in [0.717, 1.165) is 44.6 Å². The predicted molar refractivity (Wildman–Crippen MR) is 101 cm³/mol. The van der Waals surface area contributed by atoms with Crippen LogP contribution < -0.4 is 4.90 Å². The average molecular weight is 340 g/mol. The summed E-state index contributed by atoms with van der Waals surface area (Å²) in [5, 5.41) is 12.8. The highest BCUT2D eigenvalue weighted by Crippen LogP contribution is 2.40. The van der Waals surface area contributed by atoms with Crippen molar-refractivity contribution in [3.63, 3.8) is 0 Å². The second-order valence-electron chi connectivity index (χ2n) is 8.02. The molecule has 3 heterocycles. The maximum Gasteiger partial charge on any atom is 0.136 e. The van der Waals surface area contributed by atoms with Crippen LogP contribution in [-0.2, 0) is 4.74 Å². The van der Waals surface area contributed by atoms with Gasteiger partial charge < -0.3 is 14.7 Å². The standard InChI is InChI=1S/C21H28N2O2/c1-15(2)19-13-17(24)14-21(25-19)8-11-23(12-9-21)20-18-6-4-3-5-16(18)7-10-22-20/h3-7,10,15,17,19,24H,8-9,11-14H2,1-2H3/t17-,19-/m1/s1. The van der Waals surface area contributed by atoms with Gasteiger partial charge in [0.05, 0.1) is 17.8 Å². The molecular formula is C21H28N2O2. The van der Waals surface area contributed by atoms with Crippen LogP contribution in [0.5, 0.6) is 0 Å². The molecule has 2 saturated heterocycles. The fourth-order valence-corrected chi connectivity index (χ4v) is 4.41. The highest BCUT2D eigenvalue weighted by molar-refractivity contribution is 5.92. The number of aliphatic hydroxyl groups is 1. The predicted octanol–water partition coefficient (Wildman–Crippen LogP) is 3.77. The Balaban J connectivity index is 1.53. The summed E-state index contributed by atoms with van der Waals surface area (Å²) >= 11 is 0. The van der Waals surface area contributed by atoms with E-state index in [0.29, 0.717) is 5.92 Å². The molecule has 25 heavy (non-hydrogen) atoms. The molecule has 2 aliphatic heterocycles. The van der Waals surface area contributed by atoms with Crippen LogP contribution in [0.3, 0.4) is 0 Å². The lowest BCUT2D eigenvalue weighted by Gasteiger charge is -2.49. The smallest absolute Gasteiger partial charge is 0.136 e. The minimum Gasteiger partial charge on any atom is -0.393 e. The first-order valence-electron chi connectivity index (χ1n) is 9.51. The number of nitrogens with zero attached hydrogens (tertiary/aromatic N) is 2. The van der Waals surface area contributed by atoms with Crippen molar-refractivity contribution in [2.45, 2.75) is 57.3 Å². The third kappa shape index (κ3) is 3.25. The van der Waals surface area contributed by atoms with Crippen LogP contribution in [0.25, 0.3) is 10.8 Å². The summed E-state index contributed by atoms with van der Waals surface area (Å²) in [6.07, 6.45) is 5.30. The molecule has 0 bridgehead atoms. The molecule has 4 rings (SSSR count). The highest BCUT2D eigenvalue weighted by atomic mass is 16.5. The van der Waals surface area contributed by atoms with Gasteiger partial charge in [-0.15, -0.1) is 0 Å². The van der Waals surface area contributed by atoms with E-state index in [9.17, 15) is 5.11 Å². The van der Waals surface area contributed by atoms with Crippen LogP contribution >= 0.6 is 0 Å². The Morgan fingerprint density at radius 2 is 1.96 bits per heavy atom. The SMILES string of the molecule is CC(C)[C@H]1C[C@@H](O)CC2(CCN(c3nccc4ccccc34)CC2)O1. The van der Waals surface area contributed by atoms with Gasteiger partial charge in [0.15, 0.2) is 0 Å². The van der Waals surface area contributed by atoms with E-state index in [-0.39, 0.29) is 17.8 Å². The average Bonchev–Trinajstić information content (AvgIpc) is 2.61. The summed E-state index contributed by atoms with van der Waals surface area (Å²) in [5.74, 6) is 1.52. The first-order valence-corrected chi connectivity index (χ1v) is 9.51. The lowest BCUT2D eigenvalue weighted by molar-refractivity contribution is -0.183. The van der Waals surface area contributed by atoms with E-state index < -0.39 is 0 Å². The summed E-state index contributed by atoms with van der Waals surface area (Å²) in [4.78, 5) is 7.04. The normalized spacial score (nSPS) is 26.5. The lowest BCUT2D eigenvalue weighted by Crippen LogP contribution is -2.54. The largest absolute Gasteiger partial charge is 0.393 e. The van der Waals surface area contributed by atoms with Gasteiger partial charge in [0.1, 0.15) is 5.82 Å². The van der Waals surface area contributed by atoms with Crippen LogP contribution in [0.1, 0.15) is 39.5 Å². The van der Waals surface area contributed by atoms with Gasteiger partial charge >= 0.3 is 0 Å². The molecular weight excluding hydrogens is 312 g/mol. The van der Waals surface area contributed by atoms with Crippen molar-refractivity contribution in [3.8, 4) is 0 Å². The van der Waals surface area contributed by atoms with Crippen LogP contribution in [0, 0.1) is 5.92 Å². The third-order valence-corrected chi connectivity index (χ3v) is 5.88. The van der Waals surface area contributed by atoms with Crippen molar-refractivity contribution in [2.24, 2.45) is 5.92 Å². The molecule has 2 atom stereocenters. The zero-order valence-corrected chi connectivity index (χ0v) is 15.2. The van der Waals surface area contributed by atoms with E-state index in [2.05, 4.69) is 54.1 Å². The summed E-state index contributed by atoms with van der Waals surface area (Å²) in [7, 11) is 0. The molecule has 2 aromatic rings. The summed E-state index contributed by atoms with van der Waals surface area (Å²) in [5.41, 5.74) is -0.159. The number of fused-ring (bicyclic) bond motifs is 1. The lowest BCUT2D eigenvalue weighted by atomic mass is 9.80. The second-order valence-corrected chi connectivity index (χ2v) is 8.02. The molecule has 0 unspecified atom stereocenters. The number of benzene rings is 1. The maximum atomic E-state index is 10.4. The summed E-state index contributed by atoms with van der Waals surface area (Å²) < 4.78 is 6.51. The van der Waals surface area contributed by atoms with Crippen molar-refractivity contribution >= 4 is 16.6 Å². The first-order chi connectivity index (χ1) is 12.1. The van der Waals surface area contributed by atoms with Gasteiger partial charge in [0, 0.05) is 31.1 Å². The highest BCUT2D eigenvalue weighted by Gasteiger charge is 2.44. The van der Waals surface area contributed by atoms with Crippen LogP contribution in [0.15, 0.2) is 36.5 Å². The van der Waals surface area contributed by atoms with Gasteiger partial charge in [0.2, 0.25) is 0 Å². The Kier molecular flexibility index (Phi) is 4.42. The van der Waals surface area contributed by atoms with E-state index in [4.69, 9.17) is 4.74 Å². The molecule has 4 nitrogen and oxygen atoms in total. The number of ether oxygens (including phenoxy) is 1. The molecule has 0 amide bonds. The second kappa shape index (κ2) is 6.58. The van der Waals surface area contributed by atoms with Gasteiger partial charge in [-0.3, -0.25) is 0 Å². The van der Waals surface area contributed by atoms with E-state index in [1.54, 1.807) is 0 Å². The van der Waals surface area contributed by atoms with Gasteiger partial charge in [-0.2, -0.15) is 0 Å². The van der Waals surface area contributed by atoms with Crippen molar-refractivity contribution in [1.29, 1.82) is 0 Å². The summed E-state index contributed by atoms with van der Waals surface area (Å²) in [6, 6.07) is 10.5. The van der Waals surface area contributed by atoms with E-state index >= 15 is 0 Å². The van der Waals surface area contributed by atoms with Gasteiger partial charge in [-0.05, 0) is 36.6 Å². The number of rotatable bonds is 2.